The number of pyridine rings is 1. The molecule has 1 heterocycles. The summed E-state index contributed by atoms with van der Waals surface area (Å²) >= 11 is 5.66. The summed E-state index contributed by atoms with van der Waals surface area (Å²) in [6.45, 7) is 0. The Morgan fingerprint density at radius 3 is 2.92 bits per heavy atom. The molecule has 1 nitrogen and oxygen atoms in total. The maximum atomic E-state index is 5.66. The number of rotatable bonds is 1. The van der Waals surface area contributed by atoms with E-state index in [9.17, 15) is 0 Å². The maximum Gasteiger partial charge on any atom is 0.0646 e. The molecule has 0 N–H and O–H groups in total. The number of fused-ring (bicyclic) bond motifs is 1. The van der Waals surface area contributed by atoms with E-state index in [0.29, 0.717) is 5.88 Å². The number of aromatic nitrogens is 1. The van der Waals surface area contributed by atoms with Gasteiger partial charge in [-0.15, -0.1) is 29.1 Å². The van der Waals surface area contributed by atoms with E-state index in [1.54, 1.807) is 0 Å². The zero-order valence-electron chi connectivity index (χ0n) is 7.00. The van der Waals surface area contributed by atoms with Gasteiger partial charge >= 0.3 is 0 Å². The third-order valence-electron chi connectivity index (χ3n) is 1.73. The van der Waals surface area contributed by atoms with Crippen molar-refractivity contribution in [2.24, 2.45) is 0 Å². The van der Waals surface area contributed by atoms with Crippen LogP contribution in [0.15, 0.2) is 30.3 Å². The van der Waals surface area contributed by atoms with Crippen molar-refractivity contribution in [3.63, 3.8) is 0 Å². The van der Waals surface area contributed by atoms with Crippen LogP contribution in [0.5, 0.6) is 0 Å². The van der Waals surface area contributed by atoms with Crippen molar-refractivity contribution in [2.45, 2.75) is 5.88 Å². The molecular weight excluding hydrogens is 258 g/mol. The molecule has 0 saturated heterocycles. The first-order valence-electron chi connectivity index (χ1n) is 3.72. The molecule has 0 spiro atoms. The quantitative estimate of drug-likeness (QED) is 0.571. The minimum absolute atomic E-state index is 0. The smallest absolute Gasteiger partial charge is 0.0646 e. The molecule has 1 aromatic heterocycles. The predicted molar refractivity (Wildman–Crippen MR) is 50.1 cm³/mol. The molecule has 0 unspecified atom stereocenters. The summed E-state index contributed by atoms with van der Waals surface area (Å²) in [6, 6.07) is 12.7. The Kier molecular flexibility index (Phi) is 4.31. The standard InChI is InChI=1S/C10H7ClN.Y/c11-7-9-6-5-8-3-1-2-4-10(8)12-9;/h2-6H,7H2;/q-1;. The van der Waals surface area contributed by atoms with Gasteiger partial charge in [-0.3, -0.25) is 4.98 Å². The van der Waals surface area contributed by atoms with E-state index in [1.165, 1.54) is 0 Å². The molecule has 0 saturated carbocycles. The van der Waals surface area contributed by atoms with Crippen LogP contribution in [-0.2, 0) is 38.6 Å². The molecule has 1 aromatic carbocycles. The van der Waals surface area contributed by atoms with E-state index in [4.69, 9.17) is 11.6 Å². The van der Waals surface area contributed by atoms with Crippen molar-refractivity contribution in [2.75, 3.05) is 0 Å². The molecule has 0 atom stereocenters. The number of hydrogen-bond acceptors (Lipinski definition) is 1. The van der Waals surface area contributed by atoms with E-state index in [2.05, 4.69) is 11.1 Å². The average molecular weight is 266 g/mol. The second-order valence-electron chi connectivity index (χ2n) is 2.56. The zero-order valence-corrected chi connectivity index (χ0v) is 10.6. The SMILES string of the molecule is ClCc1ccc2c[c-]ccc2n1.[Y]. The summed E-state index contributed by atoms with van der Waals surface area (Å²) in [5.74, 6) is 0.467. The second-order valence-corrected chi connectivity index (χ2v) is 2.82. The van der Waals surface area contributed by atoms with E-state index in [0.717, 1.165) is 16.6 Å². The number of alkyl halides is 1. The Labute approximate surface area is 107 Å². The van der Waals surface area contributed by atoms with Gasteiger partial charge in [0.05, 0.1) is 11.6 Å². The molecule has 0 aliphatic carbocycles. The number of benzene rings is 1. The van der Waals surface area contributed by atoms with Crippen LogP contribution in [0.25, 0.3) is 10.9 Å². The Hall–Kier alpha value is 0.0239. The van der Waals surface area contributed by atoms with Crippen LogP contribution in [0, 0.1) is 6.07 Å². The van der Waals surface area contributed by atoms with Crippen LogP contribution < -0.4 is 0 Å². The van der Waals surface area contributed by atoms with Gasteiger partial charge in [-0.25, -0.2) is 0 Å². The van der Waals surface area contributed by atoms with Gasteiger partial charge in [0.25, 0.3) is 0 Å². The van der Waals surface area contributed by atoms with Gasteiger partial charge in [0.1, 0.15) is 0 Å². The van der Waals surface area contributed by atoms with Crippen molar-refractivity contribution >= 4 is 22.5 Å². The molecule has 0 aliphatic heterocycles. The van der Waals surface area contributed by atoms with Crippen LogP contribution in [0.3, 0.4) is 0 Å². The van der Waals surface area contributed by atoms with Crippen molar-refractivity contribution in [3.05, 3.63) is 42.1 Å². The first kappa shape index (κ1) is 11.1. The Bertz CT molecular complexity index is 403. The van der Waals surface area contributed by atoms with Gasteiger partial charge in [-0.2, -0.15) is 18.2 Å². The summed E-state index contributed by atoms with van der Waals surface area (Å²) < 4.78 is 0. The second kappa shape index (κ2) is 5.04. The minimum atomic E-state index is 0. The molecule has 0 bridgehead atoms. The zero-order chi connectivity index (χ0) is 8.39. The van der Waals surface area contributed by atoms with Crippen LogP contribution in [0.2, 0.25) is 0 Å². The summed E-state index contributed by atoms with van der Waals surface area (Å²) in [4.78, 5) is 4.34. The van der Waals surface area contributed by atoms with Crippen molar-refractivity contribution < 1.29 is 32.7 Å². The first-order chi connectivity index (χ1) is 5.90. The normalized spacial score (nSPS) is 9.62. The molecule has 2 aromatic rings. The van der Waals surface area contributed by atoms with Gasteiger partial charge in [0.2, 0.25) is 0 Å². The molecule has 0 aliphatic rings. The molecular formula is C10H7ClNY-. The fourth-order valence-electron chi connectivity index (χ4n) is 1.12. The van der Waals surface area contributed by atoms with Crippen molar-refractivity contribution in [3.8, 4) is 0 Å². The van der Waals surface area contributed by atoms with Gasteiger partial charge in [0.15, 0.2) is 0 Å². The van der Waals surface area contributed by atoms with Crippen LogP contribution in [-0.4, -0.2) is 4.98 Å². The fraction of sp³-hybridized carbons (Fsp3) is 0.100. The molecule has 3 heteroatoms. The average Bonchev–Trinajstić information content (AvgIpc) is 2.17. The van der Waals surface area contributed by atoms with Crippen LogP contribution in [0.1, 0.15) is 5.69 Å². The van der Waals surface area contributed by atoms with Gasteiger partial charge in [0, 0.05) is 32.7 Å². The van der Waals surface area contributed by atoms with Crippen molar-refractivity contribution in [1.82, 2.24) is 4.98 Å². The monoisotopic (exact) mass is 265 g/mol. The maximum absolute atomic E-state index is 5.66. The molecule has 0 amide bonds. The fourth-order valence-corrected chi connectivity index (χ4v) is 1.27. The third-order valence-corrected chi connectivity index (χ3v) is 2.00. The van der Waals surface area contributed by atoms with E-state index in [-0.39, 0.29) is 32.7 Å². The number of nitrogens with zero attached hydrogens (tertiary/aromatic N) is 1. The molecule has 0 fully saturated rings. The van der Waals surface area contributed by atoms with Crippen molar-refractivity contribution in [1.29, 1.82) is 0 Å². The molecule has 2 rings (SSSR count). The van der Waals surface area contributed by atoms with Crippen LogP contribution in [0.4, 0.5) is 0 Å². The topological polar surface area (TPSA) is 12.9 Å². The predicted octanol–water partition coefficient (Wildman–Crippen LogP) is 2.77. The number of halogens is 1. The summed E-state index contributed by atoms with van der Waals surface area (Å²) in [7, 11) is 0. The first-order valence-corrected chi connectivity index (χ1v) is 4.25. The Balaban J connectivity index is 0.000000845. The van der Waals surface area contributed by atoms with E-state index in [1.807, 2.05) is 30.3 Å². The van der Waals surface area contributed by atoms with E-state index < -0.39 is 0 Å². The Morgan fingerprint density at radius 1 is 1.31 bits per heavy atom. The van der Waals surface area contributed by atoms with E-state index >= 15 is 0 Å². The Morgan fingerprint density at radius 2 is 2.15 bits per heavy atom. The van der Waals surface area contributed by atoms with Gasteiger partial charge in [-0.05, 0) is 5.52 Å². The molecule has 63 valence electrons. The summed E-state index contributed by atoms with van der Waals surface area (Å²) in [6.07, 6.45) is 0. The number of hydrogen-bond donors (Lipinski definition) is 0. The molecule has 1 radical (unpaired) electrons. The largest absolute Gasteiger partial charge is 0.278 e. The van der Waals surface area contributed by atoms with Gasteiger partial charge in [-0.1, -0.05) is 6.07 Å². The van der Waals surface area contributed by atoms with Crippen LogP contribution >= 0.6 is 11.6 Å². The minimum Gasteiger partial charge on any atom is -0.278 e. The summed E-state index contributed by atoms with van der Waals surface area (Å²) in [5, 5.41) is 1.10. The third kappa shape index (κ3) is 2.49. The van der Waals surface area contributed by atoms with Gasteiger partial charge < -0.3 is 0 Å². The summed E-state index contributed by atoms with van der Waals surface area (Å²) in [5.41, 5.74) is 1.89. The molecule has 13 heavy (non-hydrogen) atoms.